The Labute approximate surface area is 178 Å². The molecule has 27 heavy (non-hydrogen) atoms. The van der Waals surface area contributed by atoms with Gasteiger partial charge in [-0.15, -0.1) is 35.3 Å². The van der Waals surface area contributed by atoms with Crippen LogP contribution >= 0.6 is 35.3 Å². The van der Waals surface area contributed by atoms with Crippen molar-refractivity contribution in [3.8, 4) is 0 Å². The lowest BCUT2D eigenvalue weighted by Crippen LogP contribution is -2.43. The molecule has 2 aromatic rings. The number of aliphatic imine (C=N–C) groups is 1. The van der Waals surface area contributed by atoms with E-state index in [0.717, 1.165) is 16.0 Å². The Morgan fingerprint density at radius 3 is 2.41 bits per heavy atom. The van der Waals surface area contributed by atoms with Crippen molar-refractivity contribution < 1.29 is 13.2 Å². The van der Waals surface area contributed by atoms with Crippen LogP contribution in [-0.2, 0) is 18.1 Å². The third kappa shape index (κ3) is 6.95. The molecular formula is C18H24F3IN4S. The van der Waals surface area contributed by atoms with Crippen LogP contribution < -0.4 is 10.6 Å². The highest BCUT2D eigenvalue weighted by Gasteiger charge is 2.32. The van der Waals surface area contributed by atoms with Gasteiger partial charge >= 0.3 is 6.18 Å². The fourth-order valence-electron chi connectivity index (χ4n) is 2.39. The highest BCUT2D eigenvalue weighted by Crippen LogP contribution is 2.32. The van der Waals surface area contributed by atoms with Gasteiger partial charge in [0.15, 0.2) is 5.96 Å². The highest BCUT2D eigenvalue weighted by atomic mass is 127. The Kier molecular flexibility index (Phi) is 8.52. The zero-order valence-corrected chi connectivity index (χ0v) is 18.8. The molecule has 0 amide bonds. The number of hydrogen-bond donors (Lipinski definition) is 2. The van der Waals surface area contributed by atoms with Crippen molar-refractivity contribution in [2.45, 2.75) is 38.9 Å². The van der Waals surface area contributed by atoms with Crippen LogP contribution in [0.2, 0.25) is 0 Å². The second-order valence-corrected chi connectivity index (χ2v) is 7.93. The van der Waals surface area contributed by atoms with Crippen LogP contribution in [0.15, 0.2) is 35.5 Å². The topological polar surface area (TPSA) is 49.3 Å². The normalized spacial score (nSPS) is 12.5. The van der Waals surface area contributed by atoms with Crippen molar-refractivity contribution in [3.05, 3.63) is 51.5 Å². The molecule has 0 atom stereocenters. The number of nitrogens with zero attached hydrogens (tertiary/aromatic N) is 2. The number of benzene rings is 1. The highest BCUT2D eigenvalue weighted by molar-refractivity contribution is 14.0. The van der Waals surface area contributed by atoms with Gasteiger partial charge < -0.3 is 10.6 Å². The smallest absolute Gasteiger partial charge is 0.356 e. The number of hydrogen-bond acceptors (Lipinski definition) is 3. The van der Waals surface area contributed by atoms with Crippen LogP contribution in [0.3, 0.4) is 0 Å². The Hall–Kier alpha value is -1.36. The molecule has 2 N–H and O–H groups in total. The minimum absolute atomic E-state index is 0. The first-order valence-corrected chi connectivity index (χ1v) is 8.97. The summed E-state index contributed by atoms with van der Waals surface area (Å²) < 4.78 is 38.8. The third-order valence-electron chi connectivity index (χ3n) is 3.97. The maximum Gasteiger partial charge on any atom is 0.416 e. The third-order valence-corrected chi connectivity index (χ3v) is 4.88. The summed E-state index contributed by atoms with van der Waals surface area (Å²) in [4.78, 5) is 9.57. The molecule has 1 heterocycles. The molecule has 0 spiro atoms. The number of nitrogens with one attached hydrogen (secondary N) is 2. The monoisotopic (exact) mass is 512 g/mol. The fraction of sp³-hybridized carbons (Fsp3) is 0.444. The quantitative estimate of drug-likeness (QED) is 0.346. The molecule has 0 aliphatic heterocycles. The Morgan fingerprint density at radius 2 is 1.85 bits per heavy atom. The van der Waals surface area contributed by atoms with E-state index in [0.29, 0.717) is 24.6 Å². The summed E-state index contributed by atoms with van der Waals surface area (Å²) in [5.74, 6) is 0.581. The Balaban J connectivity index is 0.00000364. The number of halogens is 4. The number of thiazole rings is 1. The molecule has 0 aliphatic carbocycles. The molecule has 0 bridgehead atoms. The predicted octanol–water partition coefficient (Wildman–Crippen LogP) is 4.73. The first kappa shape index (κ1) is 23.7. The first-order chi connectivity index (χ1) is 12.1. The molecule has 150 valence electrons. The minimum Gasteiger partial charge on any atom is -0.356 e. The van der Waals surface area contributed by atoms with E-state index >= 15 is 0 Å². The van der Waals surface area contributed by atoms with Gasteiger partial charge in [0, 0.05) is 30.1 Å². The lowest BCUT2D eigenvalue weighted by molar-refractivity contribution is -0.137. The molecule has 0 radical (unpaired) electrons. The van der Waals surface area contributed by atoms with E-state index in [1.54, 1.807) is 24.5 Å². The summed E-state index contributed by atoms with van der Waals surface area (Å²) in [5.41, 5.74) is -0.521. The summed E-state index contributed by atoms with van der Waals surface area (Å²) in [6.07, 6.45) is -2.53. The number of aromatic nitrogens is 1. The summed E-state index contributed by atoms with van der Waals surface area (Å²) in [5, 5.41) is 7.29. The molecule has 4 nitrogen and oxygen atoms in total. The molecule has 0 fully saturated rings. The van der Waals surface area contributed by atoms with Gasteiger partial charge in [0.25, 0.3) is 0 Å². The average Bonchev–Trinajstić information content (AvgIpc) is 3.00. The first-order valence-electron chi connectivity index (χ1n) is 8.15. The van der Waals surface area contributed by atoms with Gasteiger partial charge in [0.1, 0.15) is 5.01 Å². The van der Waals surface area contributed by atoms with E-state index in [2.05, 4.69) is 20.6 Å². The van der Waals surface area contributed by atoms with E-state index in [1.807, 2.05) is 27.0 Å². The zero-order valence-electron chi connectivity index (χ0n) is 15.6. The summed E-state index contributed by atoms with van der Waals surface area (Å²) in [7, 11) is 1.65. The molecule has 0 aliphatic rings. The number of rotatable bonds is 5. The van der Waals surface area contributed by atoms with Gasteiger partial charge in [-0.25, -0.2) is 4.98 Å². The molecule has 9 heteroatoms. The molecule has 2 rings (SSSR count). The maximum atomic E-state index is 12.9. The van der Waals surface area contributed by atoms with Gasteiger partial charge in [-0.2, -0.15) is 13.2 Å². The van der Waals surface area contributed by atoms with Crippen LogP contribution in [0.25, 0.3) is 0 Å². The molecule has 1 aromatic carbocycles. The lowest BCUT2D eigenvalue weighted by Gasteiger charge is -2.27. The number of aryl methyl sites for hydroxylation is 1. The van der Waals surface area contributed by atoms with Crippen molar-refractivity contribution in [1.82, 2.24) is 15.6 Å². The van der Waals surface area contributed by atoms with Crippen molar-refractivity contribution in [3.63, 3.8) is 0 Å². The van der Waals surface area contributed by atoms with E-state index in [4.69, 9.17) is 0 Å². The molecule has 1 aromatic heterocycles. The maximum absolute atomic E-state index is 12.9. The van der Waals surface area contributed by atoms with Crippen LogP contribution in [0, 0.1) is 6.92 Å². The largest absolute Gasteiger partial charge is 0.416 e. The van der Waals surface area contributed by atoms with Crippen molar-refractivity contribution in [2.24, 2.45) is 4.99 Å². The van der Waals surface area contributed by atoms with Gasteiger partial charge in [0.2, 0.25) is 0 Å². The van der Waals surface area contributed by atoms with E-state index in [-0.39, 0.29) is 24.0 Å². The van der Waals surface area contributed by atoms with Crippen LogP contribution in [-0.4, -0.2) is 24.5 Å². The fourth-order valence-corrected chi connectivity index (χ4v) is 3.11. The zero-order chi connectivity index (χ0) is 19.4. The van der Waals surface area contributed by atoms with Crippen molar-refractivity contribution in [2.75, 3.05) is 13.6 Å². The van der Waals surface area contributed by atoms with Crippen molar-refractivity contribution in [1.29, 1.82) is 0 Å². The van der Waals surface area contributed by atoms with Crippen LogP contribution in [0.1, 0.15) is 34.9 Å². The molecular weight excluding hydrogens is 488 g/mol. The summed E-state index contributed by atoms with van der Waals surface area (Å²) in [6.45, 7) is 6.76. The van der Waals surface area contributed by atoms with Crippen LogP contribution in [0.5, 0.6) is 0 Å². The lowest BCUT2D eigenvalue weighted by atomic mass is 9.84. The number of alkyl halides is 3. The predicted molar refractivity (Wildman–Crippen MR) is 115 cm³/mol. The van der Waals surface area contributed by atoms with Gasteiger partial charge in [0.05, 0.1) is 12.1 Å². The standard InChI is InChI=1S/C18H23F3N4S.HI/c1-12-9-23-15(26-12)10-24-16(22-4)25-11-17(2,3)13-6-5-7-14(8-13)18(19,20)21;/h5-9H,10-11H2,1-4H3,(H2,22,24,25);1H. The second kappa shape index (κ2) is 9.72. The van der Waals surface area contributed by atoms with Crippen molar-refractivity contribution >= 4 is 41.3 Å². The van der Waals surface area contributed by atoms with Crippen LogP contribution in [0.4, 0.5) is 13.2 Å². The molecule has 0 saturated carbocycles. The van der Waals surface area contributed by atoms with Gasteiger partial charge in [-0.05, 0) is 18.6 Å². The minimum atomic E-state index is -4.34. The SMILES string of the molecule is CN=C(NCc1ncc(C)s1)NCC(C)(C)c1cccc(C(F)(F)F)c1.I. The Bertz CT molecular complexity index is 772. The van der Waals surface area contributed by atoms with E-state index in [9.17, 15) is 13.2 Å². The average molecular weight is 512 g/mol. The second-order valence-electron chi connectivity index (χ2n) is 6.61. The molecule has 0 saturated heterocycles. The number of guanidine groups is 1. The van der Waals surface area contributed by atoms with Gasteiger partial charge in [-0.1, -0.05) is 32.0 Å². The Morgan fingerprint density at radius 1 is 1.19 bits per heavy atom. The molecule has 0 unspecified atom stereocenters. The van der Waals surface area contributed by atoms with E-state index in [1.165, 1.54) is 12.1 Å². The van der Waals surface area contributed by atoms with Gasteiger partial charge in [-0.3, -0.25) is 4.99 Å². The summed E-state index contributed by atoms with van der Waals surface area (Å²) >= 11 is 1.60. The summed E-state index contributed by atoms with van der Waals surface area (Å²) in [6, 6.07) is 5.45. The van der Waals surface area contributed by atoms with E-state index < -0.39 is 17.2 Å².